The lowest BCUT2D eigenvalue weighted by Crippen LogP contribution is -2.30. The van der Waals surface area contributed by atoms with E-state index in [1.54, 1.807) is 6.07 Å². The Hall–Kier alpha value is -3.35. The molecule has 0 saturated carbocycles. The van der Waals surface area contributed by atoms with Crippen molar-refractivity contribution < 1.29 is 4.79 Å². The van der Waals surface area contributed by atoms with Crippen LogP contribution in [-0.4, -0.2) is 22.4 Å². The summed E-state index contributed by atoms with van der Waals surface area (Å²) in [4.78, 5) is 20.8. The van der Waals surface area contributed by atoms with Gasteiger partial charge in [0.1, 0.15) is 12.0 Å². The Morgan fingerprint density at radius 2 is 1.85 bits per heavy atom. The molecule has 0 saturated heterocycles. The Labute approximate surface area is 152 Å². The summed E-state index contributed by atoms with van der Waals surface area (Å²) in [5.74, 6) is 0.642. The number of fused-ring (bicyclic) bond motifs is 1. The van der Waals surface area contributed by atoms with Crippen molar-refractivity contribution >= 4 is 34.0 Å². The van der Waals surface area contributed by atoms with Crippen molar-refractivity contribution in [3.63, 3.8) is 0 Å². The Bertz CT molecular complexity index is 906. The number of aromatic nitrogens is 2. The summed E-state index contributed by atoms with van der Waals surface area (Å²) in [6.07, 6.45) is 3.49. The minimum absolute atomic E-state index is 0.264. The van der Waals surface area contributed by atoms with Crippen LogP contribution in [-0.2, 0) is 0 Å². The van der Waals surface area contributed by atoms with Crippen LogP contribution in [0.3, 0.4) is 0 Å². The van der Waals surface area contributed by atoms with Crippen LogP contribution in [0, 0.1) is 0 Å². The molecule has 1 amide bonds. The highest BCUT2D eigenvalue weighted by Crippen LogP contribution is 2.22. The number of rotatable bonds is 7. The topological polar surface area (TPSA) is 105 Å². The molecule has 7 nitrogen and oxygen atoms in total. The number of hydrogen-bond acceptors (Lipinski definition) is 6. The van der Waals surface area contributed by atoms with E-state index < -0.39 is 0 Å². The van der Waals surface area contributed by atoms with E-state index in [9.17, 15) is 4.79 Å². The maximum atomic E-state index is 12.6. The van der Waals surface area contributed by atoms with Crippen molar-refractivity contribution in [3.8, 4) is 0 Å². The number of nitrogens with two attached hydrogens (primary N) is 1. The number of unbranched alkanes of at least 4 members (excludes halogenated alkanes) is 1. The first kappa shape index (κ1) is 17.5. The number of carbonyl (C=O) groups is 1. The average Bonchev–Trinajstić information content (AvgIpc) is 2.68. The first-order valence-corrected chi connectivity index (χ1v) is 8.59. The van der Waals surface area contributed by atoms with E-state index in [0.717, 1.165) is 30.2 Å². The number of nitrogens with one attached hydrogen (secondary N) is 3. The van der Waals surface area contributed by atoms with Crippen molar-refractivity contribution in [2.75, 3.05) is 23.0 Å². The van der Waals surface area contributed by atoms with Gasteiger partial charge in [-0.25, -0.2) is 9.97 Å². The van der Waals surface area contributed by atoms with E-state index in [1.165, 1.54) is 6.33 Å². The van der Waals surface area contributed by atoms with Gasteiger partial charge in [0, 0.05) is 12.1 Å². The van der Waals surface area contributed by atoms with Crippen molar-refractivity contribution in [3.05, 3.63) is 54.4 Å². The van der Waals surface area contributed by atoms with Crippen molar-refractivity contribution in [1.29, 1.82) is 0 Å². The minimum Gasteiger partial charge on any atom is -0.393 e. The molecule has 0 aliphatic rings. The van der Waals surface area contributed by atoms with Crippen LogP contribution in [0.1, 0.15) is 30.1 Å². The first-order valence-electron chi connectivity index (χ1n) is 8.59. The molecule has 1 heterocycles. The van der Waals surface area contributed by atoms with Crippen molar-refractivity contribution in [2.45, 2.75) is 19.8 Å². The normalized spacial score (nSPS) is 10.5. The Morgan fingerprint density at radius 1 is 1.08 bits per heavy atom. The molecule has 0 atom stereocenters. The van der Waals surface area contributed by atoms with E-state index in [0.29, 0.717) is 22.9 Å². The third-order valence-corrected chi connectivity index (χ3v) is 4.04. The largest absolute Gasteiger partial charge is 0.393 e. The molecule has 2 aromatic carbocycles. The van der Waals surface area contributed by atoms with E-state index >= 15 is 0 Å². The molecule has 0 aliphatic heterocycles. The summed E-state index contributed by atoms with van der Waals surface area (Å²) >= 11 is 0. The number of benzene rings is 2. The Kier molecular flexibility index (Phi) is 5.48. The first-order chi connectivity index (χ1) is 12.7. The molecular weight excluding hydrogens is 328 g/mol. The highest BCUT2D eigenvalue weighted by molar-refractivity contribution is 6.07. The van der Waals surface area contributed by atoms with Crippen molar-refractivity contribution in [2.24, 2.45) is 0 Å². The fraction of sp³-hybridized carbons (Fsp3) is 0.211. The molecule has 134 valence electrons. The van der Waals surface area contributed by atoms with Gasteiger partial charge in [0.25, 0.3) is 5.91 Å². The number of hydrazine groups is 1. The molecule has 0 fully saturated rings. The van der Waals surface area contributed by atoms with Crippen LogP contribution >= 0.6 is 0 Å². The standard InChI is InChI=1S/C19H22N6O/c1-2-3-11-21-17-16(20)18(23-12-22-17)24-25-19(26)15-10-6-8-13-7-4-5-9-14(13)15/h4-10,12H,2-3,11,20H2,1H3,(H,25,26)(H2,21,22,23,24). The molecule has 0 aliphatic carbocycles. The van der Waals surface area contributed by atoms with Gasteiger partial charge in [0.15, 0.2) is 11.6 Å². The van der Waals surface area contributed by atoms with Gasteiger partial charge in [-0.3, -0.25) is 15.6 Å². The molecular formula is C19H22N6O. The zero-order valence-electron chi connectivity index (χ0n) is 14.6. The fourth-order valence-electron chi connectivity index (χ4n) is 2.63. The molecule has 26 heavy (non-hydrogen) atoms. The molecule has 0 bridgehead atoms. The third kappa shape index (κ3) is 3.83. The summed E-state index contributed by atoms with van der Waals surface area (Å²) in [5, 5.41) is 5.05. The zero-order valence-corrected chi connectivity index (χ0v) is 14.6. The number of nitrogen functional groups attached to an aromatic ring is 1. The fourth-order valence-corrected chi connectivity index (χ4v) is 2.63. The predicted octanol–water partition coefficient (Wildman–Crippen LogP) is 3.18. The summed E-state index contributed by atoms with van der Waals surface area (Å²) in [7, 11) is 0. The second kappa shape index (κ2) is 8.15. The molecule has 3 rings (SSSR count). The summed E-state index contributed by atoms with van der Waals surface area (Å²) in [5.41, 5.74) is 12.5. The van der Waals surface area contributed by atoms with E-state index in [1.807, 2.05) is 36.4 Å². The number of nitrogens with zero attached hydrogens (tertiary/aromatic N) is 2. The van der Waals surface area contributed by atoms with Gasteiger partial charge >= 0.3 is 0 Å². The molecule has 5 N–H and O–H groups in total. The highest BCUT2D eigenvalue weighted by atomic mass is 16.2. The van der Waals surface area contributed by atoms with Crippen LogP contribution in [0.4, 0.5) is 17.3 Å². The van der Waals surface area contributed by atoms with Crippen molar-refractivity contribution in [1.82, 2.24) is 15.4 Å². The van der Waals surface area contributed by atoms with Gasteiger partial charge in [-0.2, -0.15) is 0 Å². The van der Waals surface area contributed by atoms with Crippen LogP contribution in [0.25, 0.3) is 10.8 Å². The minimum atomic E-state index is -0.264. The molecule has 1 aromatic heterocycles. The van der Waals surface area contributed by atoms with Crippen LogP contribution in [0.2, 0.25) is 0 Å². The Balaban J connectivity index is 1.72. The van der Waals surface area contributed by atoms with Crippen LogP contribution < -0.4 is 21.9 Å². The molecule has 0 spiro atoms. The monoisotopic (exact) mass is 350 g/mol. The quantitative estimate of drug-likeness (QED) is 0.385. The summed E-state index contributed by atoms with van der Waals surface area (Å²) in [6.45, 7) is 2.89. The summed E-state index contributed by atoms with van der Waals surface area (Å²) in [6, 6.07) is 13.3. The van der Waals surface area contributed by atoms with E-state index in [2.05, 4.69) is 33.1 Å². The van der Waals surface area contributed by atoms with E-state index in [4.69, 9.17) is 5.73 Å². The highest BCUT2D eigenvalue weighted by Gasteiger charge is 2.12. The third-order valence-electron chi connectivity index (χ3n) is 4.04. The summed E-state index contributed by atoms with van der Waals surface area (Å²) < 4.78 is 0. The maximum Gasteiger partial charge on any atom is 0.270 e. The SMILES string of the molecule is CCCCNc1ncnc(NNC(=O)c2cccc3ccccc23)c1N. The van der Waals surface area contributed by atoms with Gasteiger partial charge < -0.3 is 11.1 Å². The van der Waals surface area contributed by atoms with Gasteiger partial charge in [0.2, 0.25) is 0 Å². The Morgan fingerprint density at radius 3 is 2.69 bits per heavy atom. The number of anilines is 3. The van der Waals surface area contributed by atoms with Crippen LogP contribution in [0.15, 0.2) is 48.8 Å². The maximum absolute atomic E-state index is 12.6. The zero-order chi connectivity index (χ0) is 18.4. The predicted molar refractivity (Wildman–Crippen MR) is 105 cm³/mol. The molecule has 7 heteroatoms. The van der Waals surface area contributed by atoms with Gasteiger partial charge in [-0.1, -0.05) is 49.7 Å². The smallest absolute Gasteiger partial charge is 0.270 e. The lowest BCUT2D eigenvalue weighted by molar-refractivity contribution is 0.0964. The van der Waals surface area contributed by atoms with Gasteiger partial charge in [-0.15, -0.1) is 0 Å². The molecule has 0 radical (unpaired) electrons. The average molecular weight is 350 g/mol. The van der Waals surface area contributed by atoms with Gasteiger partial charge in [-0.05, 0) is 23.3 Å². The van der Waals surface area contributed by atoms with Crippen LogP contribution in [0.5, 0.6) is 0 Å². The molecule has 3 aromatic rings. The number of carbonyl (C=O) groups excluding carboxylic acids is 1. The number of amides is 1. The molecule has 0 unspecified atom stereocenters. The lowest BCUT2D eigenvalue weighted by Gasteiger charge is -2.13. The second-order valence-electron chi connectivity index (χ2n) is 5.87. The van der Waals surface area contributed by atoms with E-state index in [-0.39, 0.29) is 5.91 Å². The van der Waals surface area contributed by atoms with Gasteiger partial charge in [0.05, 0.1) is 0 Å². The second-order valence-corrected chi connectivity index (χ2v) is 5.87. The lowest BCUT2D eigenvalue weighted by atomic mass is 10.0. The number of hydrogen-bond donors (Lipinski definition) is 4.